The third-order valence-corrected chi connectivity index (χ3v) is 2.65. The van der Waals surface area contributed by atoms with Crippen molar-refractivity contribution < 1.29 is 22.5 Å². The van der Waals surface area contributed by atoms with Crippen LogP contribution in [0.3, 0.4) is 0 Å². The van der Waals surface area contributed by atoms with E-state index < -0.39 is 28.2 Å². The molecule has 0 radical (unpaired) electrons. The van der Waals surface area contributed by atoms with Crippen LogP contribution in [-0.4, -0.2) is 4.92 Å². The van der Waals surface area contributed by atoms with Crippen molar-refractivity contribution in [2.45, 2.75) is 6.18 Å². The zero-order chi connectivity index (χ0) is 15.6. The van der Waals surface area contributed by atoms with Gasteiger partial charge in [-0.2, -0.15) is 17.6 Å². The van der Waals surface area contributed by atoms with Crippen LogP contribution in [0.25, 0.3) is 0 Å². The van der Waals surface area contributed by atoms with E-state index in [1.165, 1.54) is 18.2 Å². The predicted molar refractivity (Wildman–Crippen MR) is 67.8 cm³/mol. The third-order valence-electron chi connectivity index (χ3n) is 2.65. The van der Waals surface area contributed by atoms with Crippen LogP contribution in [0.1, 0.15) is 5.56 Å². The molecule has 0 unspecified atom stereocenters. The number of alkyl halides is 3. The van der Waals surface area contributed by atoms with Crippen LogP contribution >= 0.6 is 0 Å². The van der Waals surface area contributed by atoms with Crippen LogP contribution in [0.15, 0.2) is 42.5 Å². The Morgan fingerprint density at radius 3 is 2.05 bits per heavy atom. The van der Waals surface area contributed by atoms with Crippen molar-refractivity contribution in [3.05, 3.63) is 64.0 Å². The molecule has 8 heteroatoms. The Hall–Kier alpha value is -2.64. The van der Waals surface area contributed by atoms with E-state index in [4.69, 9.17) is 0 Å². The van der Waals surface area contributed by atoms with Crippen molar-refractivity contribution in [1.29, 1.82) is 0 Å². The second kappa shape index (κ2) is 5.39. The fourth-order valence-corrected chi connectivity index (χ4v) is 1.64. The summed E-state index contributed by atoms with van der Waals surface area (Å²) in [5.74, 6) is -1.03. The molecular weight excluding hydrogens is 292 g/mol. The topological polar surface area (TPSA) is 55.2 Å². The molecule has 4 nitrogen and oxygen atoms in total. The van der Waals surface area contributed by atoms with Gasteiger partial charge in [0.2, 0.25) is 5.82 Å². The van der Waals surface area contributed by atoms with Crippen LogP contribution in [0.2, 0.25) is 0 Å². The second-order valence-corrected chi connectivity index (χ2v) is 4.12. The maximum absolute atomic E-state index is 13.4. The zero-order valence-corrected chi connectivity index (χ0v) is 10.3. The van der Waals surface area contributed by atoms with Crippen molar-refractivity contribution in [2.75, 3.05) is 5.32 Å². The van der Waals surface area contributed by atoms with Gasteiger partial charge in [0.25, 0.3) is 0 Å². The fraction of sp³-hybridized carbons (Fsp3) is 0.0769. The summed E-state index contributed by atoms with van der Waals surface area (Å²) in [7, 11) is 0. The number of nitrogens with one attached hydrogen (secondary N) is 1. The lowest BCUT2D eigenvalue weighted by Crippen LogP contribution is -2.04. The smallest absolute Gasteiger partial charge is 0.355 e. The van der Waals surface area contributed by atoms with E-state index in [2.05, 4.69) is 5.32 Å². The summed E-state index contributed by atoms with van der Waals surface area (Å²) >= 11 is 0. The van der Waals surface area contributed by atoms with Gasteiger partial charge < -0.3 is 5.32 Å². The summed E-state index contributed by atoms with van der Waals surface area (Å²) in [6, 6.07) is 7.26. The van der Waals surface area contributed by atoms with Crippen molar-refractivity contribution in [3.63, 3.8) is 0 Å². The maximum atomic E-state index is 13.4. The maximum Gasteiger partial charge on any atom is 0.416 e. The number of nitro benzene ring substituents is 1. The van der Waals surface area contributed by atoms with Gasteiger partial charge in [-0.25, -0.2) is 0 Å². The SMILES string of the molecule is O=[N+]([O-])c1ccc(Nc2ccc(C(F)(F)F)cc2)cc1F. The van der Waals surface area contributed by atoms with Gasteiger partial charge >= 0.3 is 11.9 Å². The van der Waals surface area contributed by atoms with E-state index >= 15 is 0 Å². The molecular formula is C13H8F4N2O2. The first-order valence-corrected chi connectivity index (χ1v) is 5.65. The summed E-state index contributed by atoms with van der Waals surface area (Å²) in [5.41, 5.74) is -0.981. The molecule has 21 heavy (non-hydrogen) atoms. The van der Waals surface area contributed by atoms with Crippen LogP contribution < -0.4 is 5.32 Å². The molecule has 1 N–H and O–H groups in total. The van der Waals surface area contributed by atoms with Crippen molar-refractivity contribution in [1.82, 2.24) is 0 Å². The third kappa shape index (κ3) is 3.47. The zero-order valence-electron chi connectivity index (χ0n) is 10.3. The number of hydrogen-bond acceptors (Lipinski definition) is 3. The summed E-state index contributed by atoms with van der Waals surface area (Å²) in [6.07, 6.45) is -4.43. The lowest BCUT2D eigenvalue weighted by Gasteiger charge is -2.09. The first kappa shape index (κ1) is 14.8. The highest BCUT2D eigenvalue weighted by Crippen LogP contribution is 2.30. The van der Waals surface area contributed by atoms with E-state index in [1.807, 2.05) is 0 Å². The highest BCUT2D eigenvalue weighted by molar-refractivity contribution is 5.61. The number of rotatable bonds is 3. The molecule has 0 amide bonds. The number of benzene rings is 2. The lowest BCUT2D eigenvalue weighted by atomic mass is 10.2. The Morgan fingerprint density at radius 2 is 1.57 bits per heavy atom. The molecule has 2 rings (SSSR count). The molecule has 2 aromatic carbocycles. The molecule has 110 valence electrons. The Morgan fingerprint density at radius 1 is 1.00 bits per heavy atom. The van der Waals surface area contributed by atoms with Gasteiger partial charge in [0.05, 0.1) is 10.5 Å². The standard InChI is InChI=1S/C13H8F4N2O2/c14-11-7-10(5-6-12(11)19(20)21)18-9-3-1-8(2-4-9)13(15,16)17/h1-7,18H. The summed E-state index contributed by atoms with van der Waals surface area (Å²) < 4.78 is 50.6. The van der Waals surface area contributed by atoms with Crippen LogP contribution in [0.5, 0.6) is 0 Å². The lowest BCUT2D eigenvalue weighted by molar-refractivity contribution is -0.387. The summed E-state index contributed by atoms with van der Waals surface area (Å²) in [4.78, 5) is 9.60. The summed E-state index contributed by atoms with van der Waals surface area (Å²) in [5, 5.41) is 13.1. The van der Waals surface area contributed by atoms with Crippen LogP contribution in [0.4, 0.5) is 34.6 Å². The molecule has 0 spiro atoms. The molecule has 0 atom stereocenters. The number of nitro groups is 1. The Labute approximate surface area is 116 Å². The highest BCUT2D eigenvalue weighted by Gasteiger charge is 2.29. The molecule has 0 aromatic heterocycles. The molecule has 0 saturated carbocycles. The van der Waals surface area contributed by atoms with E-state index in [0.29, 0.717) is 5.69 Å². The van der Waals surface area contributed by atoms with Crippen molar-refractivity contribution in [2.24, 2.45) is 0 Å². The monoisotopic (exact) mass is 300 g/mol. The molecule has 0 aliphatic heterocycles. The number of anilines is 2. The average Bonchev–Trinajstić information content (AvgIpc) is 2.38. The summed E-state index contributed by atoms with van der Waals surface area (Å²) in [6.45, 7) is 0. The second-order valence-electron chi connectivity index (χ2n) is 4.12. The van der Waals surface area contributed by atoms with Gasteiger partial charge in [0, 0.05) is 23.5 Å². The Kier molecular flexibility index (Phi) is 3.79. The van der Waals surface area contributed by atoms with Gasteiger partial charge in [0.15, 0.2) is 0 Å². The minimum absolute atomic E-state index is 0.192. The van der Waals surface area contributed by atoms with Crippen molar-refractivity contribution in [3.8, 4) is 0 Å². The first-order valence-electron chi connectivity index (χ1n) is 5.65. The van der Waals surface area contributed by atoms with E-state index in [-0.39, 0.29) is 5.69 Å². The number of nitrogens with zero attached hydrogens (tertiary/aromatic N) is 1. The highest BCUT2D eigenvalue weighted by atomic mass is 19.4. The molecule has 0 aliphatic rings. The molecule has 0 saturated heterocycles. The quantitative estimate of drug-likeness (QED) is 0.516. The minimum Gasteiger partial charge on any atom is -0.355 e. The minimum atomic E-state index is -4.43. The molecule has 0 heterocycles. The number of hydrogen-bond donors (Lipinski definition) is 1. The normalized spacial score (nSPS) is 11.2. The first-order chi connectivity index (χ1) is 9.77. The fourth-order valence-electron chi connectivity index (χ4n) is 1.64. The van der Waals surface area contributed by atoms with E-state index in [0.717, 1.165) is 24.3 Å². The largest absolute Gasteiger partial charge is 0.416 e. The van der Waals surface area contributed by atoms with Gasteiger partial charge in [0.1, 0.15) is 0 Å². The molecule has 2 aromatic rings. The predicted octanol–water partition coefficient (Wildman–Crippen LogP) is 4.50. The van der Waals surface area contributed by atoms with E-state index in [1.54, 1.807) is 0 Å². The van der Waals surface area contributed by atoms with Crippen LogP contribution in [-0.2, 0) is 6.18 Å². The van der Waals surface area contributed by atoms with Gasteiger partial charge in [-0.15, -0.1) is 0 Å². The van der Waals surface area contributed by atoms with Crippen molar-refractivity contribution >= 4 is 17.1 Å². The number of halogens is 4. The Balaban J connectivity index is 2.19. The average molecular weight is 300 g/mol. The van der Waals surface area contributed by atoms with E-state index in [9.17, 15) is 27.7 Å². The van der Waals surface area contributed by atoms with Gasteiger partial charge in [-0.1, -0.05) is 0 Å². The van der Waals surface area contributed by atoms with Crippen LogP contribution in [0, 0.1) is 15.9 Å². The molecule has 0 aliphatic carbocycles. The van der Waals surface area contributed by atoms with Gasteiger partial charge in [-0.3, -0.25) is 10.1 Å². The molecule has 0 fully saturated rings. The molecule has 0 bridgehead atoms. The Bertz CT molecular complexity index is 669. The van der Waals surface area contributed by atoms with Gasteiger partial charge in [-0.05, 0) is 30.3 Å².